The van der Waals surface area contributed by atoms with Crippen molar-refractivity contribution in [2.75, 3.05) is 6.61 Å². The van der Waals surface area contributed by atoms with Gasteiger partial charge >= 0.3 is 136 Å². The van der Waals surface area contributed by atoms with Crippen LogP contribution >= 0.6 is 23.5 Å². The molecule has 0 amide bonds. The molecule has 1 aliphatic rings. The molecule has 1 rings (SSSR count). The molecule has 0 saturated heterocycles. The molecular weight excluding hydrogens is 629 g/mol. The Morgan fingerprint density at radius 1 is 0.806 bits per heavy atom. The van der Waals surface area contributed by atoms with Gasteiger partial charge in [0.25, 0.3) is 0 Å². The van der Waals surface area contributed by atoms with Crippen LogP contribution < -0.4 is 44.0 Å². The average molecular weight is 637 g/mol. The second-order valence-electron chi connectivity index (χ2n) is 3.65. The summed E-state index contributed by atoms with van der Waals surface area (Å²) in [5.74, 6) is -2.78. The van der Waals surface area contributed by atoms with Gasteiger partial charge in [-0.3, -0.25) is 0 Å². The molecule has 0 unspecified atom stereocenters. The summed E-state index contributed by atoms with van der Waals surface area (Å²) < 4.78 is 30.0. The van der Waals surface area contributed by atoms with E-state index in [2.05, 4.69) is 4.74 Å². The van der Waals surface area contributed by atoms with Crippen molar-refractivity contribution >= 4 is 143 Å². The number of ether oxygens (including phenoxy) is 1. The maximum Gasteiger partial charge on any atom is 3.00 e. The maximum atomic E-state index is 10.5. The molecule has 0 fully saturated rings. The Bertz CT molecular complexity index is 569. The normalized spacial score (nSPS) is 15.7. The second kappa shape index (κ2) is 23.7. The summed E-state index contributed by atoms with van der Waals surface area (Å²) in [5.41, 5.74) is 0. The Hall–Kier alpha value is 3.36. The van der Waals surface area contributed by atoms with Gasteiger partial charge in [0.1, 0.15) is 6.10 Å². The van der Waals surface area contributed by atoms with E-state index in [1.807, 2.05) is 0 Å². The van der Waals surface area contributed by atoms with E-state index in [-0.39, 0.29) is 130 Å². The average Bonchev–Trinajstić information content (AvgIpc) is 2.60. The summed E-state index contributed by atoms with van der Waals surface area (Å²) in [4.78, 5) is 87.5. The molecule has 0 bridgehead atoms. The Morgan fingerprint density at radius 3 is 1.16 bits per heavy atom. The zero-order valence-electron chi connectivity index (χ0n) is 14.7. The van der Waals surface area contributed by atoms with E-state index < -0.39 is 59.8 Å². The van der Waals surface area contributed by atoms with Crippen molar-refractivity contribution in [3.63, 3.8) is 0 Å². The van der Waals surface area contributed by atoms with Gasteiger partial charge in [-0.2, -0.15) is 23.5 Å². The first-order chi connectivity index (χ1) is 11.6. The van der Waals surface area contributed by atoms with Gasteiger partial charge in [-0.15, -0.1) is 0 Å². The molecule has 4 N–H and O–H groups in total. The van der Waals surface area contributed by atoms with E-state index >= 15 is 0 Å². The van der Waals surface area contributed by atoms with E-state index in [1.54, 1.807) is 0 Å². The van der Waals surface area contributed by atoms with E-state index in [0.717, 1.165) is 0 Å². The molecule has 2 atom stereocenters. The number of hydrogen-bond donors (Lipinski definition) is 4. The Labute approximate surface area is 273 Å². The topological polar surface area (TPSA) is 366 Å². The molecule has 31 heavy (non-hydrogen) atoms. The van der Waals surface area contributed by atoms with Crippen LogP contribution in [-0.2, 0) is 40.3 Å². The van der Waals surface area contributed by atoms with Gasteiger partial charge in [-0.1, -0.05) is 0 Å². The van der Waals surface area contributed by atoms with Crippen LogP contribution in [0.25, 0.3) is 0 Å². The van der Waals surface area contributed by atoms with E-state index in [1.165, 1.54) is 0 Å². The zero-order valence-corrected chi connectivity index (χ0v) is 25.1. The minimum absolute atomic E-state index is 0. The number of rotatable bonds is 2. The fourth-order valence-corrected chi connectivity index (χ4v) is 0.823. The molecule has 1 aliphatic heterocycles. The molecule has 1 heterocycles. The van der Waals surface area contributed by atoms with E-state index in [0.29, 0.717) is 0 Å². The van der Waals surface area contributed by atoms with Crippen LogP contribution in [0.3, 0.4) is 0 Å². The van der Waals surface area contributed by atoms with Crippen LogP contribution in [0.5, 0.6) is 0 Å². The fraction of sp³-hybridized carbons (Fsp3) is 0.500. The minimum atomic E-state index is -5.39. The van der Waals surface area contributed by atoms with Gasteiger partial charge in [-0.25, -0.2) is 4.79 Å². The summed E-state index contributed by atoms with van der Waals surface area (Å²) in [6.07, 6.45) is -2.78. The molecule has 18 nitrogen and oxygen atoms in total. The maximum absolute atomic E-state index is 10.5. The standard InChI is InChI=1S/C6H8O6.3Ca.Fe.3H3O4P/c7-1-2(8)5-3(9)4(10)6(11)12-5;;;;;3*1-5(2,3)4/h2,5,7-10H,1H2;;;;;3*(H3,1,2,3,4)/q;3*+2;+3;;;/p-9/t2-,5+;;;;;;;/m0......./s1. The van der Waals surface area contributed by atoms with Crippen molar-refractivity contribution in [2.24, 2.45) is 0 Å². The summed E-state index contributed by atoms with van der Waals surface area (Å²) in [6.45, 7) is -0.671. The molecular formula is C6H8Ca3FeO18P3. The monoisotopic (exact) mass is 637 g/mol. The SMILES string of the molecule is O=C1O[C@H]([C@@H](O)CO)C(O)=C1O.O=P([O-])([O-])[O-].O=P([O-])([O-])[O-].O=P([O-])([O-])[O-].[Ca+2].[Ca+2].[Ca+2].[Fe+3]. The number of cyclic esters (lactones) is 1. The predicted molar refractivity (Wildman–Crippen MR) is 75.3 cm³/mol. The van der Waals surface area contributed by atoms with Gasteiger partial charge < -0.3 is 82.9 Å². The van der Waals surface area contributed by atoms with Crippen LogP contribution in [0.15, 0.2) is 11.5 Å². The predicted octanol–water partition coefficient (Wildman–Crippen LogP) is -11.0. The number of phosphoric acid groups is 3. The van der Waals surface area contributed by atoms with Crippen molar-refractivity contribution in [1.29, 1.82) is 0 Å². The van der Waals surface area contributed by atoms with Gasteiger partial charge in [-0.05, 0) is 0 Å². The Morgan fingerprint density at radius 2 is 1.03 bits per heavy atom. The third kappa shape index (κ3) is 51.0. The molecule has 0 aromatic heterocycles. The summed E-state index contributed by atoms with van der Waals surface area (Å²) in [6, 6.07) is 0. The molecule has 1 radical (unpaired) electrons. The van der Waals surface area contributed by atoms with Crippen molar-refractivity contribution in [3.8, 4) is 0 Å². The molecule has 25 heteroatoms. The van der Waals surface area contributed by atoms with Crippen LogP contribution in [0.1, 0.15) is 0 Å². The van der Waals surface area contributed by atoms with Crippen molar-refractivity contribution in [1.82, 2.24) is 0 Å². The second-order valence-corrected chi connectivity index (χ2v) is 6.33. The van der Waals surface area contributed by atoms with Crippen molar-refractivity contribution in [3.05, 3.63) is 11.5 Å². The summed E-state index contributed by atoms with van der Waals surface area (Å²) in [5, 5.41) is 35.0. The Balaban J connectivity index is -0.0000000525. The van der Waals surface area contributed by atoms with Gasteiger partial charge in [0.05, 0.1) is 6.61 Å². The quantitative estimate of drug-likeness (QED) is 0.124. The van der Waals surface area contributed by atoms with Crippen molar-refractivity contribution in [2.45, 2.75) is 12.2 Å². The number of hydrogen-bond acceptors (Lipinski definition) is 18. The van der Waals surface area contributed by atoms with Gasteiger partial charge in [0.2, 0.25) is 5.76 Å². The smallest absolute Gasteiger partial charge is 0.822 e. The fourth-order valence-electron chi connectivity index (χ4n) is 0.823. The first kappa shape index (κ1) is 51.1. The largest absolute Gasteiger partial charge is 3.00 e. The molecule has 0 spiro atoms. The summed E-state index contributed by atoms with van der Waals surface area (Å²) in [7, 11) is -16.2. The van der Waals surface area contributed by atoms with Crippen LogP contribution in [0.4, 0.5) is 0 Å². The number of aliphatic hydroxyl groups is 4. The molecule has 0 saturated carbocycles. The van der Waals surface area contributed by atoms with Crippen LogP contribution in [-0.4, -0.2) is 158 Å². The van der Waals surface area contributed by atoms with Crippen LogP contribution in [0, 0.1) is 0 Å². The number of carbonyl (C=O) groups excluding carboxylic acids is 1. The van der Waals surface area contributed by atoms with E-state index in [9.17, 15) is 4.79 Å². The zero-order chi connectivity index (χ0) is 22.8. The first-order valence-corrected chi connectivity index (χ1v) is 9.77. The molecule has 0 aromatic rings. The van der Waals surface area contributed by atoms with Gasteiger partial charge in [0, 0.05) is 0 Å². The minimum Gasteiger partial charge on any atom is -0.822 e. The number of carbonyl (C=O) groups is 1. The van der Waals surface area contributed by atoms with Crippen LogP contribution in [0.2, 0.25) is 0 Å². The third-order valence-electron chi connectivity index (χ3n) is 1.48. The van der Waals surface area contributed by atoms with Crippen molar-refractivity contribution < 1.29 is 105 Å². The first-order valence-electron chi connectivity index (χ1n) is 5.39. The summed E-state index contributed by atoms with van der Waals surface area (Å²) >= 11 is 0. The molecule has 0 aliphatic carbocycles. The number of esters is 1. The third-order valence-corrected chi connectivity index (χ3v) is 1.48. The number of aliphatic hydroxyl groups excluding tert-OH is 4. The molecule has 0 aromatic carbocycles. The Kier molecular flexibility index (Phi) is 39.1. The molecule has 169 valence electrons. The van der Waals surface area contributed by atoms with E-state index in [4.69, 9.17) is 78.2 Å². The van der Waals surface area contributed by atoms with Gasteiger partial charge in [0.15, 0.2) is 11.9 Å².